The van der Waals surface area contributed by atoms with Crippen molar-refractivity contribution in [1.82, 2.24) is 23.8 Å². The topological polar surface area (TPSA) is 72.1 Å². The molecular weight excluding hydrogens is 573 g/mol. The lowest BCUT2D eigenvalue weighted by atomic mass is 9.96. The number of alkyl halides is 5. The van der Waals surface area contributed by atoms with E-state index in [0.29, 0.717) is 45.4 Å². The zero-order valence-electron chi connectivity index (χ0n) is 22.8. The molecule has 2 aliphatic heterocycles. The van der Waals surface area contributed by atoms with E-state index in [9.17, 15) is 31.5 Å². The van der Waals surface area contributed by atoms with Crippen LogP contribution in [0.2, 0.25) is 0 Å². The van der Waals surface area contributed by atoms with Gasteiger partial charge in [0.25, 0.3) is 5.92 Å². The van der Waals surface area contributed by atoms with Crippen LogP contribution in [0, 0.1) is 0 Å². The smallest absolute Gasteiger partial charge is 0.373 e. The van der Waals surface area contributed by atoms with E-state index in [-0.39, 0.29) is 50.6 Å². The molecule has 1 fully saturated rings. The highest BCUT2D eigenvalue weighted by Gasteiger charge is 2.39. The molecule has 0 radical (unpaired) electrons. The van der Waals surface area contributed by atoms with Gasteiger partial charge in [0, 0.05) is 61.5 Å². The number of pyridine rings is 1. The molecule has 43 heavy (non-hydrogen) atoms. The molecule has 224 valence electrons. The van der Waals surface area contributed by atoms with Gasteiger partial charge in [-0.25, -0.2) is 18.6 Å². The Bertz CT molecular complexity index is 1820. The third-order valence-electron chi connectivity index (χ3n) is 8.31. The molecule has 5 heterocycles. The summed E-state index contributed by atoms with van der Waals surface area (Å²) in [6.07, 6.45) is 1.02. The van der Waals surface area contributed by atoms with Gasteiger partial charge in [-0.1, -0.05) is 6.07 Å². The van der Waals surface area contributed by atoms with Crippen molar-refractivity contribution in [1.29, 1.82) is 0 Å². The van der Waals surface area contributed by atoms with Gasteiger partial charge in [-0.2, -0.15) is 13.2 Å². The molecule has 0 atom stereocenters. The number of Topliss-reactive ketones (excluding diaryl/α,β-unsaturated/α-hetero) is 1. The van der Waals surface area contributed by atoms with Crippen LogP contribution >= 0.6 is 0 Å². The number of benzene rings is 1. The zero-order valence-corrected chi connectivity index (χ0v) is 22.8. The van der Waals surface area contributed by atoms with Crippen LogP contribution < -0.4 is 0 Å². The van der Waals surface area contributed by atoms with Crippen molar-refractivity contribution in [2.45, 2.75) is 38.0 Å². The Hall–Kier alpha value is -4.26. The summed E-state index contributed by atoms with van der Waals surface area (Å²) in [5.41, 5.74) is 2.69. The summed E-state index contributed by atoms with van der Waals surface area (Å²) >= 11 is 0. The van der Waals surface area contributed by atoms with Crippen molar-refractivity contribution in [3.8, 4) is 0 Å². The lowest BCUT2D eigenvalue weighted by molar-refractivity contribution is -0.137. The van der Waals surface area contributed by atoms with E-state index < -0.39 is 36.8 Å². The Morgan fingerprint density at radius 2 is 1.88 bits per heavy atom. The molecule has 8 nitrogen and oxygen atoms in total. The molecule has 3 aliphatic rings. The van der Waals surface area contributed by atoms with E-state index in [4.69, 9.17) is 4.74 Å². The first kappa shape index (κ1) is 27.6. The molecule has 0 saturated carbocycles. The number of aromatic nitrogens is 3. The van der Waals surface area contributed by atoms with Gasteiger partial charge >= 0.3 is 12.2 Å². The van der Waals surface area contributed by atoms with Crippen molar-refractivity contribution < 1.29 is 36.3 Å². The lowest BCUT2D eigenvalue weighted by Crippen LogP contribution is -2.48. The largest absolute Gasteiger partial charge is 0.416 e. The molecule has 0 spiro atoms. The number of imidazole rings is 1. The van der Waals surface area contributed by atoms with Gasteiger partial charge in [0.2, 0.25) is 0 Å². The maximum atomic E-state index is 14.2. The number of nitrogens with zero attached hydrogens (tertiary/aromatic N) is 5. The maximum absolute atomic E-state index is 14.2. The van der Waals surface area contributed by atoms with E-state index in [1.54, 1.807) is 33.6 Å². The number of amides is 2. The number of hydrogen-bond acceptors (Lipinski definition) is 4. The molecular formula is C30H26F5N5O3. The Kier molecular flexibility index (Phi) is 6.35. The standard InChI is InChI=1S/C30H26F5N5O3/c31-29(32)16-39(9-10-43-17-29)28(42)38-8-7-37-15-22(21-12-19(30(33,34)35)11-18(14-38)27(21)37)20-4-5-24(41)26(20)23-13-36-25-3-1-2-6-40(23)25/h1-3,6,11-13,15H,4-5,7-10,14,16-17H2. The Balaban J connectivity index is 1.35. The molecule has 2 amide bonds. The van der Waals surface area contributed by atoms with E-state index in [2.05, 4.69) is 4.98 Å². The minimum absolute atomic E-state index is 0.0480. The van der Waals surface area contributed by atoms with Crippen molar-refractivity contribution in [3.63, 3.8) is 0 Å². The molecule has 13 heteroatoms. The summed E-state index contributed by atoms with van der Waals surface area (Å²) in [5, 5.41) is 0.324. The molecule has 0 N–H and O–H groups in total. The number of ether oxygens (including phenoxy) is 1. The number of carbonyl (C=O) groups excluding carboxylic acids is 2. The third kappa shape index (κ3) is 4.75. The fourth-order valence-electron chi connectivity index (χ4n) is 6.41. The summed E-state index contributed by atoms with van der Waals surface area (Å²) in [6.45, 7) is -1.60. The average Bonchev–Trinajstić information content (AvgIpc) is 3.57. The highest BCUT2D eigenvalue weighted by atomic mass is 19.4. The van der Waals surface area contributed by atoms with Crippen LogP contribution in [0.15, 0.2) is 48.9 Å². The lowest BCUT2D eigenvalue weighted by Gasteiger charge is -2.30. The molecule has 0 bridgehead atoms. The zero-order chi connectivity index (χ0) is 30.1. The normalized spacial score (nSPS) is 19.4. The monoisotopic (exact) mass is 599 g/mol. The molecule has 1 saturated heterocycles. The number of allylic oxidation sites excluding steroid dienone is 2. The van der Waals surface area contributed by atoms with Crippen LogP contribution in [0.1, 0.15) is 35.2 Å². The third-order valence-corrected chi connectivity index (χ3v) is 8.31. The van der Waals surface area contributed by atoms with Crippen LogP contribution in [-0.4, -0.2) is 74.3 Å². The average molecular weight is 600 g/mol. The molecule has 1 aromatic carbocycles. The second kappa shape index (κ2) is 9.90. The Morgan fingerprint density at radius 1 is 1.05 bits per heavy atom. The number of ketones is 1. The summed E-state index contributed by atoms with van der Waals surface area (Å²) in [5.74, 6) is -3.34. The van der Waals surface area contributed by atoms with Crippen molar-refractivity contribution in [3.05, 3.63) is 71.3 Å². The van der Waals surface area contributed by atoms with E-state index in [1.807, 2.05) is 12.1 Å². The van der Waals surface area contributed by atoms with E-state index in [0.717, 1.165) is 17.0 Å². The SMILES string of the molecule is O=C1CCC(c2cn3c4c(cc(C(F)(F)F)cc24)CN(C(=O)N2CCOCC(F)(F)C2)CC3)=C1c1cnc2ccccn12. The van der Waals surface area contributed by atoms with Crippen molar-refractivity contribution >= 4 is 39.5 Å². The highest BCUT2D eigenvalue weighted by molar-refractivity contribution is 6.31. The first-order valence-electron chi connectivity index (χ1n) is 13.9. The summed E-state index contributed by atoms with van der Waals surface area (Å²) in [7, 11) is 0. The predicted octanol–water partition coefficient (Wildman–Crippen LogP) is 5.48. The van der Waals surface area contributed by atoms with E-state index >= 15 is 0 Å². The maximum Gasteiger partial charge on any atom is 0.416 e. The number of halogens is 5. The minimum Gasteiger partial charge on any atom is -0.373 e. The number of carbonyl (C=O) groups is 2. The second-order valence-corrected chi connectivity index (χ2v) is 11.1. The number of fused-ring (bicyclic) bond motifs is 1. The van der Waals surface area contributed by atoms with Crippen LogP contribution in [0.5, 0.6) is 0 Å². The molecule has 1 aliphatic carbocycles. The van der Waals surface area contributed by atoms with Gasteiger partial charge in [0.15, 0.2) is 5.78 Å². The van der Waals surface area contributed by atoms with Crippen molar-refractivity contribution in [2.75, 3.05) is 32.8 Å². The Morgan fingerprint density at radius 3 is 2.70 bits per heavy atom. The fourth-order valence-corrected chi connectivity index (χ4v) is 6.41. The van der Waals surface area contributed by atoms with Crippen LogP contribution in [-0.2, 0) is 28.8 Å². The highest BCUT2D eigenvalue weighted by Crippen LogP contribution is 2.44. The Labute approximate surface area is 241 Å². The van der Waals surface area contributed by atoms with Crippen LogP contribution in [0.4, 0.5) is 26.7 Å². The molecule has 3 aromatic heterocycles. The van der Waals surface area contributed by atoms with Gasteiger partial charge < -0.3 is 19.1 Å². The van der Waals surface area contributed by atoms with Gasteiger partial charge in [-0.3, -0.25) is 9.20 Å². The van der Waals surface area contributed by atoms with Gasteiger partial charge in [-0.05, 0) is 41.8 Å². The second-order valence-electron chi connectivity index (χ2n) is 11.1. The van der Waals surface area contributed by atoms with Gasteiger partial charge in [0.05, 0.1) is 36.1 Å². The first-order valence-corrected chi connectivity index (χ1v) is 13.9. The summed E-state index contributed by atoms with van der Waals surface area (Å²) < 4.78 is 79.6. The number of urea groups is 1. The van der Waals surface area contributed by atoms with Crippen LogP contribution in [0.25, 0.3) is 27.7 Å². The number of rotatable bonds is 2. The molecule has 4 aromatic rings. The quantitative estimate of drug-likeness (QED) is 0.286. The van der Waals surface area contributed by atoms with E-state index in [1.165, 1.54) is 4.90 Å². The first-order chi connectivity index (χ1) is 20.5. The summed E-state index contributed by atoms with van der Waals surface area (Å²) in [4.78, 5) is 33.3. The fraction of sp³-hybridized carbons (Fsp3) is 0.367. The summed E-state index contributed by atoms with van der Waals surface area (Å²) in [6, 6.07) is 6.87. The van der Waals surface area contributed by atoms with Crippen LogP contribution in [0.3, 0.4) is 0 Å². The van der Waals surface area contributed by atoms with Crippen molar-refractivity contribution in [2.24, 2.45) is 0 Å². The van der Waals surface area contributed by atoms with Gasteiger partial charge in [0.1, 0.15) is 12.3 Å². The molecule has 7 rings (SSSR count). The minimum atomic E-state index is -4.68. The predicted molar refractivity (Wildman–Crippen MR) is 146 cm³/mol. The number of hydrogen-bond donors (Lipinski definition) is 0. The van der Waals surface area contributed by atoms with Gasteiger partial charge in [-0.15, -0.1) is 0 Å². The molecule has 0 unspecified atom stereocenters.